The molecule has 1 aromatic rings. The predicted molar refractivity (Wildman–Crippen MR) is 110 cm³/mol. The molecule has 0 aromatic heterocycles. The topological polar surface area (TPSA) is 71.0 Å². The van der Waals surface area contributed by atoms with Gasteiger partial charge in [-0.15, -0.1) is 0 Å². The number of halogens is 2. The molecule has 0 spiro atoms. The number of carbonyl (C=O) groups excluding carboxylic acids is 1. The van der Waals surface area contributed by atoms with E-state index in [4.69, 9.17) is 9.47 Å². The van der Waals surface area contributed by atoms with Crippen molar-refractivity contribution in [2.75, 3.05) is 19.8 Å². The van der Waals surface area contributed by atoms with Crippen LogP contribution in [0.3, 0.4) is 0 Å². The molecule has 1 saturated carbocycles. The van der Waals surface area contributed by atoms with Crippen LogP contribution in [-0.4, -0.2) is 66.1 Å². The van der Waals surface area contributed by atoms with Gasteiger partial charge in [-0.2, -0.15) is 0 Å². The average Bonchev–Trinajstić information content (AvgIpc) is 3.18. The number of amides is 1. The van der Waals surface area contributed by atoms with E-state index in [1.54, 1.807) is 0 Å². The van der Waals surface area contributed by atoms with Crippen LogP contribution in [0.5, 0.6) is 0 Å². The Morgan fingerprint density at radius 1 is 1.10 bits per heavy atom. The Balaban J connectivity index is 1.39. The van der Waals surface area contributed by atoms with Crippen LogP contribution in [0.2, 0.25) is 0 Å². The van der Waals surface area contributed by atoms with Crippen molar-refractivity contribution >= 4 is 5.91 Å². The number of aliphatic hydroxyl groups is 1. The molecule has 2 saturated heterocycles. The van der Waals surface area contributed by atoms with Gasteiger partial charge in [0.2, 0.25) is 5.91 Å². The Morgan fingerprint density at radius 2 is 1.84 bits per heavy atom. The second-order valence-corrected chi connectivity index (χ2v) is 9.09. The number of rotatable bonds is 5. The number of aliphatic hydroxyl groups excluding tert-OH is 1. The summed E-state index contributed by atoms with van der Waals surface area (Å²) in [6.45, 7) is 1.13. The lowest BCUT2D eigenvalue weighted by Gasteiger charge is -2.44. The van der Waals surface area contributed by atoms with Crippen molar-refractivity contribution < 1.29 is 28.2 Å². The number of ether oxygens (including phenoxy) is 2. The van der Waals surface area contributed by atoms with Gasteiger partial charge in [-0.05, 0) is 43.4 Å². The maximum Gasteiger partial charge on any atom is 0.222 e. The highest BCUT2D eigenvalue weighted by atomic mass is 19.1. The van der Waals surface area contributed by atoms with Crippen molar-refractivity contribution in [2.24, 2.45) is 0 Å². The third-order valence-electron chi connectivity index (χ3n) is 6.53. The lowest BCUT2D eigenvalue weighted by atomic mass is 9.94. The van der Waals surface area contributed by atoms with Gasteiger partial charge in [-0.25, -0.2) is 8.78 Å². The zero-order valence-corrected chi connectivity index (χ0v) is 17.8. The van der Waals surface area contributed by atoms with Crippen LogP contribution in [0.25, 0.3) is 0 Å². The van der Waals surface area contributed by atoms with E-state index in [0.29, 0.717) is 38.1 Å². The van der Waals surface area contributed by atoms with Gasteiger partial charge in [0, 0.05) is 31.2 Å². The highest BCUT2D eigenvalue weighted by Crippen LogP contribution is 2.29. The first-order chi connectivity index (χ1) is 15.0. The first-order valence-electron chi connectivity index (χ1n) is 11.4. The van der Waals surface area contributed by atoms with Crippen molar-refractivity contribution in [3.63, 3.8) is 0 Å². The number of nitrogens with zero attached hydrogens (tertiary/aromatic N) is 1. The van der Waals surface area contributed by atoms with E-state index in [-0.39, 0.29) is 36.8 Å². The Hall–Kier alpha value is -1.61. The smallest absolute Gasteiger partial charge is 0.222 e. The molecule has 6 nitrogen and oxygen atoms in total. The summed E-state index contributed by atoms with van der Waals surface area (Å²) < 4.78 is 39.2. The number of nitrogens with one attached hydrogen (secondary N) is 1. The molecule has 0 radical (unpaired) electrons. The molecule has 3 fully saturated rings. The van der Waals surface area contributed by atoms with E-state index in [0.717, 1.165) is 25.3 Å². The lowest BCUT2D eigenvalue weighted by molar-refractivity contribution is -0.158. The largest absolute Gasteiger partial charge is 0.389 e. The number of hydrogen-bond acceptors (Lipinski definition) is 5. The number of β-amino-alcohol motifs (C(OH)–C–C–N with tert-alkyl or cyclic N) is 1. The van der Waals surface area contributed by atoms with E-state index in [1.807, 2.05) is 4.90 Å². The summed E-state index contributed by atoms with van der Waals surface area (Å²) >= 11 is 0. The van der Waals surface area contributed by atoms with Crippen LogP contribution in [0.1, 0.15) is 50.5 Å². The summed E-state index contributed by atoms with van der Waals surface area (Å²) in [6, 6.07) is 3.72. The van der Waals surface area contributed by atoms with Gasteiger partial charge in [-0.3, -0.25) is 9.69 Å². The molecule has 2 heterocycles. The molecular formula is C23H32F2N2O4. The van der Waals surface area contributed by atoms with E-state index in [9.17, 15) is 18.7 Å². The fourth-order valence-electron chi connectivity index (χ4n) is 5.13. The third kappa shape index (κ3) is 6.22. The van der Waals surface area contributed by atoms with Gasteiger partial charge in [-0.1, -0.05) is 12.8 Å². The molecule has 3 aliphatic rings. The average molecular weight is 439 g/mol. The normalized spacial score (nSPS) is 30.4. The summed E-state index contributed by atoms with van der Waals surface area (Å²) in [7, 11) is 0. The predicted octanol–water partition coefficient (Wildman–Crippen LogP) is 2.52. The summed E-state index contributed by atoms with van der Waals surface area (Å²) in [5.41, 5.74) is 0.517. The molecule has 172 valence electrons. The fourth-order valence-corrected chi connectivity index (χ4v) is 5.13. The Kier molecular flexibility index (Phi) is 7.53. The van der Waals surface area contributed by atoms with E-state index in [1.165, 1.54) is 25.0 Å². The van der Waals surface area contributed by atoms with E-state index >= 15 is 0 Å². The zero-order chi connectivity index (χ0) is 21.8. The molecule has 1 amide bonds. The van der Waals surface area contributed by atoms with Gasteiger partial charge in [0.25, 0.3) is 0 Å². The molecule has 4 atom stereocenters. The Morgan fingerprint density at radius 3 is 2.58 bits per heavy atom. The molecule has 2 N–H and O–H groups in total. The second kappa shape index (κ2) is 10.3. The number of carbonyl (C=O) groups is 1. The maximum atomic E-state index is 13.7. The van der Waals surface area contributed by atoms with Crippen molar-refractivity contribution in [2.45, 2.75) is 81.9 Å². The molecular weight excluding hydrogens is 406 g/mol. The second-order valence-electron chi connectivity index (χ2n) is 9.09. The SMILES string of the molecule is O=C(C[C@@H]1CC[C@@H]2[C@H](COC[C@@H](O)CN2Cc2cc(F)cc(F)c2)O1)NC1CCCC1. The molecule has 2 aliphatic heterocycles. The van der Waals surface area contributed by atoms with Gasteiger partial charge < -0.3 is 19.9 Å². The Bertz CT molecular complexity index is 739. The highest BCUT2D eigenvalue weighted by Gasteiger charge is 2.38. The van der Waals surface area contributed by atoms with Crippen molar-refractivity contribution in [1.82, 2.24) is 10.2 Å². The van der Waals surface area contributed by atoms with Crippen molar-refractivity contribution in [1.29, 1.82) is 0 Å². The van der Waals surface area contributed by atoms with Gasteiger partial charge in [0.1, 0.15) is 11.6 Å². The summed E-state index contributed by atoms with van der Waals surface area (Å²) in [5, 5.41) is 13.4. The van der Waals surface area contributed by atoms with Gasteiger partial charge >= 0.3 is 0 Å². The van der Waals surface area contributed by atoms with Crippen LogP contribution in [0.15, 0.2) is 18.2 Å². The number of hydrogen-bond donors (Lipinski definition) is 2. The van der Waals surface area contributed by atoms with Crippen LogP contribution in [0, 0.1) is 11.6 Å². The monoisotopic (exact) mass is 438 g/mol. The molecule has 0 unspecified atom stereocenters. The fraction of sp³-hybridized carbons (Fsp3) is 0.696. The van der Waals surface area contributed by atoms with Gasteiger partial charge in [0.05, 0.1) is 37.9 Å². The molecule has 4 rings (SSSR count). The van der Waals surface area contributed by atoms with Crippen LogP contribution >= 0.6 is 0 Å². The van der Waals surface area contributed by atoms with Gasteiger partial charge in [0.15, 0.2) is 0 Å². The first-order valence-corrected chi connectivity index (χ1v) is 11.4. The molecule has 1 aliphatic carbocycles. The van der Waals surface area contributed by atoms with Crippen LogP contribution in [-0.2, 0) is 20.8 Å². The summed E-state index contributed by atoms with van der Waals surface area (Å²) in [4.78, 5) is 14.5. The molecule has 31 heavy (non-hydrogen) atoms. The highest BCUT2D eigenvalue weighted by molar-refractivity contribution is 5.76. The minimum absolute atomic E-state index is 0.0321. The molecule has 1 aromatic carbocycles. The van der Waals surface area contributed by atoms with Crippen molar-refractivity contribution in [3.05, 3.63) is 35.4 Å². The summed E-state index contributed by atoms with van der Waals surface area (Å²) in [5.74, 6) is -1.20. The van der Waals surface area contributed by atoms with Crippen LogP contribution < -0.4 is 5.32 Å². The van der Waals surface area contributed by atoms with E-state index in [2.05, 4.69) is 5.32 Å². The lowest BCUT2D eigenvalue weighted by Crippen LogP contribution is -2.55. The number of fused-ring (bicyclic) bond motifs is 1. The number of benzene rings is 1. The van der Waals surface area contributed by atoms with Crippen molar-refractivity contribution in [3.8, 4) is 0 Å². The van der Waals surface area contributed by atoms with Crippen LogP contribution in [0.4, 0.5) is 8.78 Å². The quantitative estimate of drug-likeness (QED) is 0.739. The Labute approximate surface area is 181 Å². The summed E-state index contributed by atoms with van der Waals surface area (Å²) in [6.07, 6.45) is 5.12. The molecule has 8 heteroatoms. The van der Waals surface area contributed by atoms with E-state index < -0.39 is 17.7 Å². The minimum Gasteiger partial charge on any atom is -0.389 e. The third-order valence-corrected chi connectivity index (χ3v) is 6.53. The first kappa shape index (κ1) is 22.6. The standard InChI is InChI=1S/C23H32F2N2O4/c24-16-7-15(8-17(25)9-16)11-27-12-19(28)13-30-14-22-21(27)6-5-20(31-22)10-23(29)26-18-3-1-2-4-18/h7-9,18-22,28H,1-6,10-14H2,(H,26,29)/t19-,20-,21+,22-/m0/s1. The molecule has 0 bridgehead atoms. The zero-order valence-electron chi connectivity index (χ0n) is 17.8. The minimum atomic E-state index is -0.686. The maximum absolute atomic E-state index is 13.7.